The lowest BCUT2D eigenvalue weighted by Gasteiger charge is -2.38. The van der Waals surface area contributed by atoms with Gasteiger partial charge in [0.05, 0.1) is 13.2 Å². The quantitative estimate of drug-likeness (QED) is 0.677. The molecule has 0 unspecified atom stereocenters. The van der Waals surface area contributed by atoms with Crippen LogP contribution in [0.4, 0.5) is 4.79 Å². The van der Waals surface area contributed by atoms with Gasteiger partial charge < -0.3 is 15.7 Å². The zero-order valence-electron chi connectivity index (χ0n) is 13.8. The largest absolute Gasteiger partial charge is 0.395 e. The van der Waals surface area contributed by atoms with E-state index in [0.29, 0.717) is 6.42 Å². The fourth-order valence-corrected chi connectivity index (χ4v) is 3.90. The average molecular weight is 331 g/mol. The molecule has 2 heterocycles. The molecule has 3 amide bonds. The lowest BCUT2D eigenvalue weighted by molar-refractivity contribution is -0.134. The summed E-state index contributed by atoms with van der Waals surface area (Å²) in [4.78, 5) is 26.5. The van der Waals surface area contributed by atoms with Gasteiger partial charge in [0.25, 0.3) is 5.91 Å². The van der Waals surface area contributed by atoms with Crippen LogP contribution in [-0.4, -0.2) is 53.7 Å². The Hall–Kier alpha value is -1.92. The van der Waals surface area contributed by atoms with Crippen molar-refractivity contribution >= 4 is 11.9 Å². The number of aliphatic hydroxyl groups excluding tert-OH is 1. The SMILES string of the molecule is O=C1N[C@](CCc2ccccc2)(C2CCNCC2)C(=O)N1CCO. The number of urea groups is 1. The van der Waals surface area contributed by atoms with Crippen LogP contribution in [0.2, 0.25) is 0 Å². The van der Waals surface area contributed by atoms with Crippen molar-refractivity contribution in [3.8, 4) is 0 Å². The topological polar surface area (TPSA) is 81.7 Å². The van der Waals surface area contributed by atoms with E-state index in [1.165, 1.54) is 4.90 Å². The van der Waals surface area contributed by atoms with Gasteiger partial charge in [-0.25, -0.2) is 4.79 Å². The molecule has 2 fully saturated rings. The minimum Gasteiger partial charge on any atom is -0.395 e. The van der Waals surface area contributed by atoms with Crippen molar-refractivity contribution < 1.29 is 14.7 Å². The van der Waals surface area contributed by atoms with Crippen LogP contribution in [0.1, 0.15) is 24.8 Å². The number of imide groups is 1. The summed E-state index contributed by atoms with van der Waals surface area (Å²) in [6.45, 7) is 1.57. The van der Waals surface area contributed by atoms with Crippen LogP contribution in [0.5, 0.6) is 0 Å². The predicted octanol–water partition coefficient (Wildman–Crippen LogP) is 0.902. The second-order valence-corrected chi connectivity index (χ2v) is 6.59. The van der Waals surface area contributed by atoms with Gasteiger partial charge in [0.2, 0.25) is 0 Å². The summed E-state index contributed by atoms with van der Waals surface area (Å²) >= 11 is 0. The van der Waals surface area contributed by atoms with E-state index in [2.05, 4.69) is 10.6 Å². The minimum absolute atomic E-state index is 0.0583. The number of hydrogen-bond acceptors (Lipinski definition) is 4. The smallest absolute Gasteiger partial charge is 0.325 e. The summed E-state index contributed by atoms with van der Waals surface area (Å²) in [5.41, 5.74) is 0.318. The molecule has 6 heteroatoms. The first kappa shape index (κ1) is 16.9. The Bertz CT molecular complexity index is 586. The monoisotopic (exact) mass is 331 g/mol. The maximum Gasteiger partial charge on any atom is 0.325 e. The van der Waals surface area contributed by atoms with Gasteiger partial charge in [-0.1, -0.05) is 30.3 Å². The molecule has 0 radical (unpaired) electrons. The Morgan fingerprint density at radius 2 is 1.88 bits per heavy atom. The first-order chi connectivity index (χ1) is 11.7. The molecule has 0 bridgehead atoms. The van der Waals surface area contributed by atoms with Gasteiger partial charge in [-0.15, -0.1) is 0 Å². The second-order valence-electron chi connectivity index (χ2n) is 6.59. The molecular weight excluding hydrogens is 306 g/mol. The van der Waals surface area contributed by atoms with Crippen LogP contribution in [0.25, 0.3) is 0 Å². The van der Waals surface area contributed by atoms with Crippen LogP contribution >= 0.6 is 0 Å². The van der Waals surface area contributed by atoms with Gasteiger partial charge in [-0.3, -0.25) is 9.69 Å². The second kappa shape index (κ2) is 7.32. The van der Waals surface area contributed by atoms with E-state index in [1.54, 1.807) is 0 Å². The van der Waals surface area contributed by atoms with E-state index >= 15 is 0 Å². The fraction of sp³-hybridized carbons (Fsp3) is 0.556. The molecule has 0 aromatic heterocycles. The number of carbonyl (C=O) groups excluding carboxylic acids is 2. The van der Waals surface area contributed by atoms with Gasteiger partial charge in [0.1, 0.15) is 5.54 Å². The lowest BCUT2D eigenvalue weighted by atomic mass is 9.74. The summed E-state index contributed by atoms with van der Waals surface area (Å²) < 4.78 is 0. The van der Waals surface area contributed by atoms with E-state index in [-0.39, 0.29) is 31.0 Å². The first-order valence-electron chi connectivity index (χ1n) is 8.67. The van der Waals surface area contributed by atoms with Crippen molar-refractivity contribution in [2.24, 2.45) is 5.92 Å². The number of nitrogens with one attached hydrogen (secondary N) is 2. The highest BCUT2D eigenvalue weighted by atomic mass is 16.3. The standard InChI is InChI=1S/C18H25N3O3/c22-13-12-21-16(23)18(20-17(21)24,15-7-10-19-11-8-15)9-6-14-4-2-1-3-5-14/h1-5,15,19,22H,6-13H2,(H,20,24)/t18-/m1/s1. The highest BCUT2D eigenvalue weighted by Crippen LogP contribution is 2.35. The van der Waals surface area contributed by atoms with Crippen LogP contribution in [0.15, 0.2) is 30.3 Å². The van der Waals surface area contributed by atoms with Crippen molar-refractivity contribution in [1.29, 1.82) is 0 Å². The van der Waals surface area contributed by atoms with Crippen molar-refractivity contribution in [3.05, 3.63) is 35.9 Å². The summed E-state index contributed by atoms with van der Waals surface area (Å²) in [5.74, 6) is -0.0491. The molecule has 0 saturated carbocycles. The third kappa shape index (κ3) is 3.16. The number of benzene rings is 1. The number of β-amino-alcohol motifs (C(OH)–C–C–N with tert-alkyl or cyclic N) is 1. The number of piperidine rings is 1. The van der Waals surface area contributed by atoms with Crippen molar-refractivity contribution in [3.63, 3.8) is 0 Å². The van der Waals surface area contributed by atoms with Crippen molar-refractivity contribution in [2.75, 3.05) is 26.2 Å². The molecular formula is C18H25N3O3. The van der Waals surface area contributed by atoms with Crippen molar-refractivity contribution in [2.45, 2.75) is 31.2 Å². The molecule has 130 valence electrons. The van der Waals surface area contributed by atoms with Crippen LogP contribution < -0.4 is 10.6 Å². The lowest BCUT2D eigenvalue weighted by Crippen LogP contribution is -2.56. The maximum absolute atomic E-state index is 13.1. The molecule has 6 nitrogen and oxygen atoms in total. The third-order valence-electron chi connectivity index (χ3n) is 5.21. The molecule has 1 aromatic rings. The summed E-state index contributed by atoms with van der Waals surface area (Å²) in [6.07, 6.45) is 3.07. The summed E-state index contributed by atoms with van der Waals surface area (Å²) in [5, 5.41) is 15.5. The Morgan fingerprint density at radius 1 is 1.17 bits per heavy atom. The number of aryl methyl sites for hydroxylation is 1. The Balaban J connectivity index is 1.84. The number of amides is 3. The number of carbonyl (C=O) groups is 2. The zero-order chi connectivity index (χ0) is 17.0. The van der Waals surface area contributed by atoms with Crippen LogP contribution in [-0.2, 0) is 11.2 Å². The van der Waals surface area contributed by atoms with Gasteiger partial charge >= 0.3 is 6.03 Å². The molecule has 1 aromatic carbocycles. The maximum atomic E-state index is 13.1. The zero-order valence-corrected chi connectivity index (χ0v) is 13.8. The Morgan fingerprint density at radius 3 is 2.54 bits per heavy atom. The molecule has 2 saturated heterocycles. The molecule has 2 aliphatic rings. The molecule has 2 aliphatic heterocycles. The minimum atomic E-state index is -0.843. The van der Waals surface area contributed by atoms with E-state index < -0.39 is 5.54 Å². The molecule has 0 spiro atoms. The number of hydrogen-bond donors (Lipinski definition) is 3. The van der Waals surface area contributed by atoms with Crippen molar-refractivity contribution in [1.82, 2.24) is 15.5 Å². The van der Waals surface area contributed by atoms with E-state index in [4.69, 9.17) is 5.11 Å². The van der Waals surface area contributed by atoms with Gasteiger partial charge in [-0.05, 0) is 50.3 Å². The van der Waals surface area contributed by atoms with E-state index in [1.807, 2.05) is 30.3 Å². The van der Waals surface area contributed by atoms with Crippen LogP contribution in [0.3, 0.4) is 0 Å². The predicted molar refractivity (Wildman–Crippen MR) is 90.4 cm³/mol. The number of nitrogens with zero attached hydrogens (tertiary/aromatic N) is 1. The Kier molecular flexibility index (Phi) is 5.16. The van der Waals surface area contributed by atoms with E-state index in [9.17, 15) is 9.59 Å². The number of aliphatic hydroxyl groups is 1. The van der Waals surface area contributed by atoms with Gasteiger partial charge in [-0.2, -0.15) is 0 Å². The molecule has 0 aliphatic carbocycles. The third-order valence-corrected chi connectivity index (χ3v) is 5.21. The first-order valence-corrected chi connectivity index (χ1v) is 8.67. The van der Waals surface area contributed by atoms with Crippen LogP contribution in [0, 0.1) is 5.92 Å². The number of rotatable bonds is 6. The fourth-order valence-electron chi connectivity index (χ4n) is 3.90. The molecule has 3 N–H and O–H groups in total. The molecule has 3 rings (SSSR count). The summed E-state index contributed by atoms with van der Waals surface area (Å²) in [6, 6.07) is 9.66. The summed E-state index contributed by atoms with van der Waals surface area (Å²) in [7, 11) is 0. The van der Waals surface area contributed by atoms with Gasteiger partial charge in [0.15, 0.2) is 0 Å². The normalized spacial score (nSPS) is 25.1. The molecule has 1 atom stereocenters. The highest BCUT2D eigenvalue weighted by Gasteiger charge is 2.54. The average Bonchev–Trinajstić information content (AvgIpc) is 2.87. The highest BCUT2D eigenvalue weighted by molar-refractivity contribution is 6.07. The Labute approximate surface area is 142 Å². The van der Waals surface area contributed by atoms with Gasteiger partial charge in [0, 0.05) is 0 Å². The molecule has 24 heavy (non-hydrogen) atoms. The van der Waals surface area contributed by atoms with E-state index in [0.717, 1.165) is 37.9 Å².